The van der Waals surface area contributed by atoms with Crippen LogP contribution in [0.25, 0.3) is 0 Å². The molecule has 0 unspecified atom stereocenters. The van der Waals surface area contributed by atoms with Gasteiger partial charge < -0.3 is 10.1 Å². The Morgan fingerprint density at radius 2 is 1.90 bits per heavy atom. The second-order valence-electron chi connectivity index (χ2n) is 4.37. The molecule has 0 spiro atoms. The lowest BCUT2D eigenvalue weighted by molar-refractivity contribution is 0.0950. The van der Waals surface area contributed by atoms with Crippen molar-refractivity contribution in [2.45, 2.75) is 12.4 Å². The zero-order chi connectivity index (χ0) is 14.4. The van der Waals surface area contributed by atoms with Crippen molar-refractivity contribution in [2.24, 2.45) is 0 Å². The Kier molecular flexibility index (Phi) is 5.02. The highest BCUT2D eigenvalue weighted by molar-refractivity contribution is 6.17. The maximum absolute atomic E-state index is 12.0. The Labute approximate surface area is 123 Å². The first kappa shape index (κ1) is 14.4. The fourth-order valence-corrected chi connectivity index (χ4v) is 2.04. The molecule has 0 saturated carbocycles. The van der Waals surface area contributed by atoms with Gasteiger partial charge >= 0.3 is 0 Å². The summed E-state index contributed by atoms with van der Waals surface area (Å²) < 4.78 is 5.10. The van der Waals surface area contributed by atoms with Crippen LogP contribution in [-0.4, -0.2) is 13.0 Å². The molecule has 0 aliphatic heterocycles. The molecule has 104 valence electrons. The largest absolute Gasteiger partial charge is 0.497 e. The van der Waals surface area contributed by atoms with Gasteiger partial charge in [0.15, 0.2) is 0 Å². The van der Waals surface area contributed by atoms with Crippen LogP contribution in [0.15, 0.2) is 48.5 Å². The highest BCUT2D eigenvalue weighted by atomic mass is 35.5. The minimum absolute atomic E-state index is 0.125. The van der Waals surface area contributed by atoms with E-state index in [0.29, 0.717) is 23.7 Å². The van der Waals surface area contributed by atoms with Gasteiger partial charge in [-0.05, 0) is 29.3 Å². The van der Waals surface area contributed by atoms with Crippen LogP contribution in [0.5, 0.6) is 5.75 Å². The van der Waals surface area contributed by atoms with Gasteiger partial charge in [-0.15, -0.1) is 11.6 Å². The molecule has 1 amide bonds. The molecule has 3 nitrogen and oxygen atoms in total. The van der Waals surface area contributed by atoms with E-state index >= 15 is 0 Å². The van der Waals surface area contributed by atoms with E-state index in [9.17, 15) is 4.79 Å². The Bertz CT molecular complexity index is 599. The van der Waals surface area contributed by atoms with Gasteiger partial charge in [-0.2, -0.15) is 0 Å². The van der Waals surface area contributed by atoms with Crippen molar-refractivity contribution in [1.29, 1.82) is 0 Å². The zero-order valence-electron chi connectivity index (χ0n) is 11.2. The summed E-state index contributed by atoms with van der Waals surface area (Å²) in [6.45, 7) is 0.473. The van der Waals surface area contributed by atoms with Crippen molar-refractivity contribution in [2.75, 3.05) is 7.11 Å². The van der Waals surface area contributed by atoms with Gasteiger partial charge in [-0.3, -0.25) is 4.79 Å². The van der Waals surface area contributed by atoms with Gasteiger partial charge in [0, 0.05) is 18.0 Å². The Hall–Kier alpha value is -2.00. The third-order valence-electron chi connectivity index (χ3n) is 2.93. The normalized spacial score (nSPS) is 10.1. The summed E-state index contributed by atoms with van der Waals surface area (Å²) in [6.07, 6.45) is 0. The van der Waals surface area contributed by atoms with E-state index in [0.717, 1.165) is 11.1 Å². The summed E-state index contributed by atoms with van der Waals surface area (Å²) in [7, 11) is 1.58. The average molecular weight is 290 g/mol. The van der Waals surface area contributed by atoms with Crippen LogP contribution in [0, 0.1) is 0 Å². The van der Waals surface area contributed by atoms with Crippen LogP contribution in [0.1, 0.15) is 21.5 Å². The molecule has 0 saturated heterocycles. The van der Waals surface area contributed by atoms with E-state index in [-0.39, 0.29) is 5.91 Å². The minimum Gasteiger partial charge on any atom is -0.497 e. The van der Waals surface area contributed by atoms with Gasteiger partial charge in [0.1, 0.15) is 5.75 Å². The predicted octanol–water partition coefficient (Wildman–Crippen LogP) is 3.36. The summed E-state index contributed by atoms with van der Waals surface area (Å²) in [5.74, 6) is 1.01. The average Bonchev–Trinajstić information content (AvgIpc) is 2.52. The topological polar surface area (TPSA) is 38.3 Å². The van der Waals surface area contributed by atoms with Gasteiger partial charge in [-0.1, -0.05) is 30.3 Å². The monoisotopic (exact) mass is 289 g/mol. The second-order valence-corrected chi connectivity index (χ2v) is 4.64. The van der Waals surface area contributed by atoms with Crippen molar-refractivity contribution in [1.82, 2.24) is 5.32 Å². The Morgan fingerprint density at radius 1 is 1.15 bits per heavy atom. The molecular formula is C16H16ClNO2. The van der Waals surface area contributed by atoms with Gasteiger partial charge in [-0.25, -0.2) is 0 Å². The fourth-order valence-electron chi connectivity index (χ4n) is 1.87. The maximum atomic E-state index is 12.0. The lowest BCUT2D eigenvalue weighted by Gasteiger charge is -2.07. The molecule has 2 aromatic carbocycles. The molecule has 0 aromatic heterocycles. The van der Waals surface area contributed by atoms with Crippen molar-refractivity contribution in [3.05, 3.63) is 65.2 Å². The van der Waals surface area contributed by atoms with Crippen LogP contribution in [-0.2, 0) is 12.4 Å². The van der Waals surface area contributed by atoms with E-state index in [1.165, 1.54) is 0 Å². The highest BCUT2D eigenvalue weighted by Crippen LogP contribution is 2.13. The molecule has 0 atom stereocenters. The van der Waals surface area contributed by atoms with Crippen molar-refractivity contribution in [3.8, 4) is 5.75 Å². The number of alkyl halides is 1. The quantitative estimate of drug-likeness (QED) is 0.857. The first-order valence-electron chi connectivity index (χ1n) is 6.29. The molecule has 0 bridgehead atoms. The van der Waals surface area contributed by atoms with E-state index in [4.69, 9.17) is 16.3 Å². The predicted molar refractivity (Wildman–Crippen MR) is 80.2 cm³/mol. The summed E-state index contributed by atoms with van der Waals surface area (Å²) in [5, 5.41) is 2.88. The molecule has 1 N–H and O–H groups in total. The van der Waals surface area contributed by atoms with Gasteiger partial charge in [0.2, 0.25) is 0 Å². The summed E-state index contributed by atoms with van der Waals surface area (Å²) in [5.41, 5.74) is 2.65. The SMILES string of the molecule is COc1cccc(C(=O)NCc2cccc(CCl)c2)c1. The zero-order valence-corrected chi connectivity index (χ0v) is 12.0. The number of benzene rings is 2. The molecular weight excluding hydrogens is 274 g/mol. The number of rotatable bonds is 5. The number of nitrogens with one attached hydrogen (secondary N) is 1. The number of halogens is 1. The van der Waals surface area contributed by atoms with Crippen molar-refractivity contribution in [3.63, 3.8) is 0 Å². The fraction of sp³-hybridized carbons (Fsp3) is 0.188. The number of amides is 1. The van der Waals surface area contributed by atoms with Crippen LogP contribution in [0.4, 0.5) is 0 Å². The van der Waals surface area contributed by atoms with E-state index < -0.39 is 0 Å². The molecule has 0 radical (unpaired) electrons. The number of hydrogen-bond acceptors (Lipinski definition) is 2. The van der Waals surface area contributed by atoms with Crippen LogP contribution in [0.2, 0.25) is 0 Å². The van der Waals surface area contributed by atoms with Crippen molar-refractivity contribution < 1.29 is 9.53 Å². The first-order chi connectivity index (χ1) is 9.72. The highest BCUT2D eigenvalue weighted by Gasteiger charge is 2.06. The van der Waals surface area contributed by atoms with E-state index in [1.54, 1.807) is 31.4 Å². The maximum Gasteiger partial charge on any atom is 0.251 e. The third kappa shape index (κ3) is 3.75. The van der Waals surface area contributed by atoms with Gasteiger partial charge in [0.05, 0.1) is 7.11 Å². The summed E-state index contributed by atoms with van der Waals surface area (Å²) in [4.78, 5) is 12.0. The Balaban J connectivity index is 2.00. The van der Waals surface area contributed by atoms with Crippen LogP contribution in [0.3, 0.4) is 0 Å². The molecule has 0 aliphatic rings. The van der Waals surface area contributed by atoms with Crippen molar-refractivity contribution >= 4 is 17.5 Å². The minimum atomic E-state index is -0.125. The number of ether oxygens (including phenoxy) is 1. The first-order valence-corrected chi connectivity index (χ1v) is 6.82. The standard InChI is InChI=1S/C16H16ClNO2/c1-20-15-7-3-6-14(9-15)16(19)18-11-13-5-2-4-12(8-13)10-17/h2-9H,10-11H2,1H3,(H,18,19). The lowest BCUT2D eigenvalue weighted by Crippen LogP contribution is -2.22. The lowest BCUT2D eigenvalue weighted by atomic mass is 10.1. The summed E-state index contributed by atoms with van der Waals surface area (Å²) >= 11 is 5.79. The smallest absolute Gasteiger partial charge is 0.251 e. The number of carbonyl (C=O) groups is 1. The van der Waals surface area contributed by atoms with E-state index in [2.05, 4.69) is 5.32 Å². The molecule has 0 fully saturated rings. The molecule has 20 heavy (non-hydrogen) atoms. The second kappa shape index (κ2) is 6.96. The number of methoxy groups -OCH3 is 1. The number of carbonyl (C=O) groups excluding carboxylic acids is 1. The summed E-state index contributed by atoms with van der Waals surface area (Å²) in [6, 6.07) is 14.9. The molecule has 4 heteroatoms. The molecule has 0 aliphatic carbocycles. The molecule has 0 heterocycles. The number of hydrogen-bond donors (Lipinski definition) is 1. The van der Waals surface area contributed by atoms with Crippen LogP contribution >= 0.6 is 11.6 Å². The Morgan fingerprint density at radius 3 is 2.65 bits per heavy atom. The van der Waals surface area contributed by atoms with Gasteiger partial charge in [0.25, 0.3) is 5.91 Å². The van der Waals surface area contributed by atoms with E-state index in [1.807, 2.05) is 24.3 Å². The molecule has 2 rings (SSSR count). The third-order valence-corrected chi connectivity index (χ3v) is 3.24. The molecule has 2 aromatic rings. The van der Waals surface area contributed by atoms with Crippen LogP contribution < -0.4 is 10.1 Å².